The van der Waals surface area contributed by atoms with Gasteiger partial charge in [-0.05, 0) is 31.5 Å². The SMILES string of the molecule is Cc1cccc(CN(C)C(=O)[C@@H]2CNC[C@H]2C)n1. The highest BCUT2D eigenvalue weighted by Gasteiger charge is 2.31. The van der Waals surface area contributed by atoms with Crippen molar-refractivity contribution in [3.8, 4) is 0 Å². The second-order valence-corrected chi connectivity index (χ2v) is 5.21. The molecule has 1 aromatic heterocycles. The fourth-order valence-electron chi connectivity index (χ4n) is 2.43. The molecule has 1 amide bonds. The second-order valence-electron chi connectivity index (χ2n) is 5.21. The van der Waals surface area contributed by atoms with E-state index >= 15 is 0 Å². The first-order valence-electron chi connectivity index (χ1n) is 6.46. The van der Waals surface area contributed by atoms with Crippen LogP contribution < -0.4 is 5.32 Å². The fourth-order valence-corrected chi connectivity index (χ4v) is 2.43. The standard InChI is InChI=1S/C14H21N3O/c1-10-7-15-8-13(10)14(18)17(3)9-12-6-4-5-11(2)16-12/h4-6,10,13,15H,7-9H2,1-3H3/t10-,13-/m1/s1. The molecule has 1 aromatic rings. The molecule has 98 valence electrons. The van der Waals surface area contributed by atoms with Gasteiger partial charge in [-0.2, -0.15) is 0 Å². The predicted octanol–water partition coefficient (Wildman–Crippen LogP) is 1.20. The predicted molar refractivity (Wildman–Crippen MR) is 71.0 cm³/mol. The Hall–Kier alpha value is -1.42. The summed E-state index contributed by atoms with van der Waals surface area (Å²) < 4.78 is 0. The molecule has 4 nitrogen and oxygen atoms in total. The molecule has 1 saturated heterocycles. The minimum Gasteiger partial charge on any atom is -0.340 e. The molecule has 2 rings (SSSR count). The van der Waals surface area contributed by atoms with Gasteiger partial charge < -0.3 is 10.2 Å². The Bertz CT molecular complexity index is 433. The van der Waals surface area contributed by atoms with E-state index in [1.807, 2.05) is 32.2 Å². The smallest absolute Gasteiger partial charge is 0.227 e. The fraction of sp³-hybridized carbons (Fsp3) is 0.571. The minimum atomic E-state index is 0.111. The quantitative estimate of drug-likeness (QED) is 0.873. The van der Waals surface area contributed by atoms with Crippen molar-refractivity contribution in [2.45, 2.75) is 20.4 Å². The lowest BCUT2D eigenvalue weighted by atomic mass is 9.97. The summed E-state index contributed by atoms with van der Waals surface area (Å²) in [6, 6.07) is 5.91. The van der Waals surface area contributed by atoms with Crippen LogP contribution in [0, 0.1) is 18.8 Å². The molecular weight excluding hydrogens is 226 g/mol. The van der Waals surface area contributed by atoms with Crippen molar-refractivity contribution in [3.63, 3.8) is 0 Å². The molecule has 1 fully saturated rings. The number of nitrogens with zero attached hydrogens (tertiary/aromatic N) is 2. The van der Waals surface area contributed by atoms with Crippen LogP contribution in [-0.2, 0) is 11.3 Å². The molecule has 18 heavy (non-hydrogen) atoms. The average molecular weight is 247 g/mol. The van der Waals surface area contributed by atoms with Crippen molar-refractivity contribution in [3.05, 3.63) is 29.6 Å². The highest BCUT2D eigenvalue weighted by molar-refractivity contribution is 5.79. The van der Waals surface area contributed by atoms with Crippen molar-refractivity contribution in [2.24, 2.45) is 11.8 Å². The zero-order valence-corrected chi connectivity index (χ0v) is 11.3. The van der Waals surface area contributed by atoms with Gasteiger partial charge in [0.1, 0.15) is 0 Å². The number of aromatic nitrogens is 1. The van der Waals surface area contributed by atoms with Gasteiger partial charge in [-0.3, -0.25) is 9.78 Å². The highest BCUT2D eigenvalue weighted by atomic mass is 16.2. The summed E-state index contributed by atoms with van der Waals surface area (Å²) in [6.07, 6.45) is 0. The van der Waals surface area contributed by atoms with Gasteiger partial charge in [0.15, 0.2) is 0 Å². The summed E-state index contributed by atoms with van der Waals surface area (Å²) in [4.78, 5) is 18.5. The topological polar surface area (TPSA) is 45.2 Å². The first-order chi connectivity index (χ1) is 8.58. The van der Waals surface area contributed by atoms with Gasteiger partial charge >= 0.3 is 0 Å². The van der Waals surface area contributed by atoms with Crippen molar-refractivity contribution in [2.75, 3.05) is 20.1 Å². The van der Waals surface area contributed by atoms with E-state index in [2.05, 4.69) is 17.2 Å². The molecular formula is C14H21N3O. The van der Waals surface area contributed by atoms with Crippen LogP contribution in [0.3, 0.4) is 0 Å². The number of carbonyl (C=O) groups is 1. The van der Waals surface area contributed by atoms with Crippen molar-refractivity contribution < 1.29 is 4.79 Å². The number of nitrogens with one attached hydrogen (secondary N) is 1. The molecule has 0 spiro atoms. The van der Waals surface area contributed by atoms with E-state index in [1.54, 1.807) is 4.90 Å². The number of rotatable bonds is 3. The summed E-state index contributed by atoms with van der Waals surface area (Å²) in [7, 11) is 1.86. The van der Waals surface area contributed by atoms with Crippen LogP contribution in [0.1, 0.15) is 18.3 Å². The monoisotopic (exact) mass is 247 g/mol. The maximum Gasteiger partial charge on any atom is 0.227 e. The summed E-state index contributed by atoms with van der Waals surface area (Å²) in [6.45, 7) is 6.41. The lowest BCUT2D eigenvalue weighted by molar-refractivity contribution is -0.135. The van der Waals surface area contributed by atoms with Crippen molar-refractivity contribution >= 4 is 5.91 Å². The van der Waals surface area contributed by atoms with Crippen LogP contribution in [0.4, 0.5) is 0 Å². The normalized spacial score (nSPS) is 23.1. The molecule has 0 aromatic carbocycles. The molecule has 1 aliphatic rings. The lowest BCUT2D eigenvalue weighted by Gasteiger charge is -2.22. The van der Waals surface area contributed by atoms with E-state index in [9.17, 15) is 4.79 Å². The average Bonchev–Trinajstić information content (AvgIpc) is 2.74. The van der Waals surface area contributed by atoms with Crippen LogP contribution in [0.25, 0.3) is 0 Å². The number of carbonyl (C=O) groups excluding carboxylic acids is 1. The van der Waals surface area contributed by atoms with E-state index in [0.717, 1.165) is 24.5 Å². The number of hydrogen-bond acceptors (Lipinski definition) is 3. The van der Waals surface area contributed by atoms with Crippen LogP contribution in [0.5, 0.6) is 0 Å². The van der Waals surface area contributed by atoms with Gasteiger partial charge in [0.2, 0.25) is 5.91 Å². The molecule has 0 radical (unpaired) electrons. The minimum absolute atomic E-state index is 0.111. The Labute approximate surface area is 108 Å². The van der Waals surface area contributed by atoms with Crippen LogP contribution >= 0.6 is 0 Å². The summed E-state index contributed by atoms with van der Waals surface area (Å²) in [5, 5.41) is 3.27. The van der Waals surface area contributed by atoms with Crippen LogP contribution in [0.15, 0.2) is 18.2 Å². The summed E-state index contributed by atoms with van der Waals surface area (Å²) in [5.41, 5.74) is 1.94. The van der Waals surface area contributed by atoms with E-state index in [-0.39, 0.29) is 11.8 Å². The maximum absolute atomic E-state index is 12.3. The Morgan fingerprint density at radius 3 is 2.89 bits per heavy atom. The third kappa shape index (κ3) is 2.88. The second kappa shape index (κ2) is 5.48. The number of aryl methyl sites for hydroxylation is 1. The third-order valence-corrected chi connectivity index (χ3v) is 3.56. The lowest BCUT2D eigenvalue weighted by Crippen LogP contribution is -2.35. The van der Waals surface area contributed by atoms with Gasteiger partial charge in [-0.15, -0.1) is 0 Å². The highest BCUT2D eigenvalue weighted by Crippen LogP contribution is 2.18. The van der Waals surface area contributed by atoms with Gasteiger partial charge in [-0.25, -0.2) is 0 Å². The summed E-state index contributed by atoms with van der Waals surface area (Å²) >= 11 is 0. The largest absolute Gasteiger partial charge is 0.340 e. The zero-order chi connectivity index (χ0) is 13.1. The Balaban J connectivity index is 1.99. The van der Waals surface area contributed by atoms with Gasteiger partial charge in [0.05, 0.1) is 18.2 Å². The van der Waals surface area contributed by atoms with Crippen molar-refractivity contribution in [1.29, 1.82) is 0 Å². The van der Waals surface area contributed by atoms with E-state index in [0.29, 0.717) is 12.5 Å². The van der Waals surface area contributed by atoms with Gasteiger partial charge in [-0.1, -0.05) is 13.0 Å². The third-order valence-electron chi connectivity index (χ3n) is 3.56. The van der Waals surface area contributed by atoms with E-state index in [1.165, 1.54) is 0 Å². The Morgan fingerprint density at radius 1 is 1.50 bits per heavy atom. The molecule has 2 heterocycles. The van der Waals surface area contributed by atoms with Gasteiger partial charge in [0.25, 0.3) is 0 Å². The Morgan fingerprint density at radius 2 is 2.28 bits per heavy atom. The molecule has 0 saturated carbocycles. The van der Waals surface area contributed by atoms with E-state index in [4.69, 9.17) is 0 Å². The van der Waals surface area contributed by atoms with Crippen molar-refractivity contribution in [1.82, 2.24) is 15.2 Å². The molecule has 0 bridgehead atoms. The first-order valence-corrected chi connectivity index (χ1v) is 6.46. The zero-order valence-electron chi connectivity index (χ0n) is 11.3. The number of hydrogen-bond donors (Lipinski definition) is 1. The molecule has 4 heteroatoms. The molecule has 1 aliphatic heterocycles. The molecule has 0 aliphatic carbocycles. The van der Waals surface area contributed by atoms with Crippen LogP contribution in [-0.4, -0.2) is 35.9 Å². The Kier molecular flexibility index (Phi) is 3.97. The molecule has 2 atom stereocenters. The maximum atomic E-state index is 12.3. The summed E-state index contributed by atoms with van der Waals surface area (Å²) in [5.74, 6) is 0.751. The molecule has 1 N–H and O–H groups in total. The molecule has 0 unspecified atom stereocenters. The van der Waals surface area contributed by atoms with Gasteiger partial charge in [0, 0.05) is 19.3 Å². The van der Waals surface area contributed by atoms with Crippen LogP contribution in [0.2, 0.25) is 0 Å². The van der Waals surface area contributed by atoms with E-state index < -0.39 is 0 Å². The number of amides is 1. The number of pyridine rings is 1. The first kappa shape index (κ1) is 13.0.